The molecule has 0 aliphatic rings. The first-order chi connectivity index (χ1) is 8.17. The van der Waals surface area contributed by atoms with Crippen molar-refractivity contribution < 1.29 is 9.66 Å². The van der Waals surface area contributed by atoms with Gasteiger partial charge in [0.15, 0.2) is 6.20 Å². The molecule has 0 aromatic carbocycles. The van der Waals surface area contributed by atoms with Crippen LogP contribution in [0.4, 0.5) is 11.5 Å². The van der Waals surface area contributed by atoms with Crippen LogP contribution in [0.1, 0.15) is 19.8 Å². The molecular weight excluding hydrogens is 222 g/mol. The van der Waals surface area contributed by atoms with E-state index in [2.05, 4.69) is 17.2 Å². The first-order valence-electron chi connectivity index (χ1n) is 5.53. The van der Waals surface area contributed by atoms with E-state index in [-0.39, 0.29) is 11.9 Å². The lowest BCUT2D eigenvalue weighted by molar-refractivity contribution is -0.389. The van der Waals surface area contributed by atoms with Gasteiger partial charge in [0.05, 0.1) is 12.3 Å². The molecule has 0 saturated heterocycles. The Morgan fingerprint density at radius 1 is 1.59 bits per heavy atom. The molecule has 0 saturated carbocycles. The van der Waals surface area contributed by atoms with Crippen molar-refractivity contribution in [2.45, 2.75) is 25.8 Å². The summed E-state index contributed by atoms with van der Waals surface area (Å²) < 4.78 is 5.10. The van der Waals surface area contributed by atoms with Crippen molar-refractivity contribution in [1.29, 1.82) is 0 Å². The fourth-order valence-electron chi connectivity index (χ4n) is 1.56. The highest BCUT2D eigenvalue weighted by atomic mass is 16.6. The Kier molecular flexibility index (Phi) is 5.35. The third-order valence-electron chi connectivity index (χ3n) is 2.31. The smallest absolute Gasteiger partial charge is 0.363 e. The quantitative estimate of drug-likeness (QED) is 0.583. The van der Waals surface area contributed by atoms with Crippen molar-refractivity contribution >= 4 is 11.5 Å². The van der Waals surface area contributed by atoms with Crippen molar-refractivity contribution in [3.8, 4) is 0 Å². The monoisotopic (exact) mass is 239 g/mol. The van der Waals surface area contributed by atoms with Gasteiger partial charge in [-0.15, -0.1) is 0 Å². The van der Waals surface area contributed by atoms with Crippen LogP contribution in [0.3, 0.4) is 0 Å². The van der Waals surface area contributed by atoms with Gasteiger partial charge in [0, 0.05) is 19.2 Å². The van der Waals surface area contributed by atoms with Gasteiger partial charge in [-0.3, -0.25) is 0 Å². The zero-order valence-electron chi connectivity index (χ0n) is 10.0. The molecule has 0 aliphatic carbocycles. The van der Waals surface area contributed by atoms with Gasteiger partial charge in [-0.1, -0.05) is 13.3 Å². The molecule has 1 heterocycles. The standard InChI is InChI=1S/C11H17N3O3/c1-3-4-10(8-17-2)13-9-5-6-11(12-7-9)14(15)16/h5-7,10,13H,3-4,8H2,1-2H3. The minimum atomic E-state index is -0.511. The van der Waals surface area contributed by atoms with E-state index in [1.807, 2.05) is 0 Å². The number of anilines is 1. The minimum absolute atomic E-state index is 0.144. The molecule has 0 amide bonds. The summed E-state index contributed by atoms with van der Waals surface area (Å²) in [4.78, 5) is 13.7. The molecule has 0 aliphatic heterocycles. The Labute approximate surface area is 100 Å². The van der Waals surface area contributed by atoms with Gasteiger partial charge in [0.25, 0.3) is 0 Å². The summed E-state index contributed by atoms with van der Waals surface area (Å²) in [6, 6.07) is 3.25. The van der Waals surface area contributed by atoms with Gasteiger partial charge >= 0.3 is 5.82 Å². The number of rotatable bonds is 7. The highest BCUT2D eigenvalue weighted by molar-refractivity contribution is 5.44. The number of aromatic nitrogens is 1. The van der Waals surface area contributed by atoms with Crippen LogP contribution in [0.5, 0.6) is 0 Å². The van der Waals surface area contributed by atoms with Crippen LogP contribution in [0.2, 0.25) is 0 Å². The predicted molar refractivity (Wildman–Crippen MR) is 65.1 cm³/mol. The van der Waals surface area contributed by atoms with Gasteiger partial charge in [0.2, 0.25) is 0 Å². The molecule has 0 bridgehead atoms. The zero-order valence-corrected chi connectivity index (χ0v) is 10.0. The third-order valence-corrected chi connectivity index (χ3v) is 2.31. The van der Waals surface area contributed by atoms with E-state index < -0.39 is 4.92 Å². The number of ether oxygens (including phenoxy) is 1. The van der Waals surface area contributed by atoms with Crippen molar-refractivity contribution in [3.63, 3.8) is 0 Å². The fraction of sp³-hybridized carbons (Fsp3) is 0.545. The Morgan fingerprint density at radius 2 is 2.35 bits per heavy atom. The van der Waals surface area contributed by atoms with E-state index in [9.17, 15) is 10.1 Å². The molecule has 0 spiro atoms. The van der Waals surface area contributed by atoms with Crippen LogP contribution in [-0.4, -0.2) is 29.7 Å². The number of hydrogen-bond donors (Lipinski definition) is 1. The van der Waals surface area contributed by atoms with Crippen LogP contribution in [0.15, 0.2) is 18.3 Å². The first kappa shape index (κ1) is 13.4. The Morgan fingerprint density at radius 3 is 2.82 bits per heavy atom. The molecule has 1 unspecified atom stereocenters. The molecular formula is C11H17N3O3. The average Bonchev–Trinajstić information content (AvgIpc) is 2.30. The molecule has 17 heavy (non-hydrogen) atoms. The normalized spacial score (nSPS) is 12.1. The summed E-state index contributed by atoms with van der Waals surface area (Å²) in [5, 5.41) is 13.7. The molecule has 1 rings (SSSR count). The Balaban J connectivity index is 2.62. The summed E-state index contributed by atoms with van der Waals surface area (Å²) >= 11 is 0. The molecule has 1 aromatic heterocycles. The lowest BCUT2D eigenvalue weighted by Crippen LogP contribution is -2.24. The van der Waals surface area contributed by atoms with Crippen LogP contribution in [-0.2, 0) is 4.74 Å². The first-order valence-corrected chi connectivity index (χ1v) is 5.53. The largest absolute Gasteiger partial charge is 0.383 e. The number of nitrogens with one attached hydrogen (secondary N) is 1. The highest BCUT2D eigenvalue weighted by Crippen LogP contribution is 2.13. The van der Waals surface area contributed by atoms with Crippen molar-refractivity contribution in [2.24, 2.45) is 0 Å². The van der Waals surface area contributed by atoms with Gasteiger partial charge in [-0.25, -0.2) is 0 Å². The SMILES string of the molecule is CCCC(COC)Nc1ccc([N+](=O)[O-])nc1. The van der Waals surface area contributed by atoms with Gasteiger partial charge in [-0.05, 0) is 22.4 Å². The summed E-state index contributed by atoms with van der Waals surface area (Å²) in [6.45, 7) is 2.70. The van der Waals surface area contributed by atoms with E-state index in [0.717, 1.165) is 18.5 Å². The molecule has 6 heteroatoms. The molecule has 6 nitrogen and oxygen atoms in total. The molecule has 0 radical (unpaired) electrons. The predicted octanol–water partition coefficient (Wildman–Crippen LogP) is 2.22. The van der Waals surface area contributed by atoms with Crippen LogP contribution in [0.25, 0.3) is 0 Å². The van der Waals surface area contributed by atoms with Gasteiger partial charge in [0.1, 0.15) is 0 Å². The Hall–Kier alpha value is -1.69. The molecule has 94 valence electrons. The lowest BCUT2D eigenvalue weighted by atomic mass is 10.2. The van der Waals surface area contributed by atoms with E-state index in [1.165, 1.54) is 12.3 Å². The van der Waals surface area contributed by atoms with Crippen LogP contribution in [0, 0.1) is 10.1 Å². The number of nitro groups is 1. The van der Waals surface area contributed by atoms with E-state index in [4.69, 9.17) is 4.74 Å². The second-order valence-electron chi connectivity index (χ2n) is 3.75. The summed E-state index contributed by atoms with van der Waals surface area (Å²) in [5.41, 5.74) is 0.770. The second kappa shape index (κ2) is 6.80. The molecule has 1 atom stereocenters. The molecule has 1 aromatic rings. The van der Waals surface area contributed by atoms with Crippen LogP contribution >= 0.6 is 0 Å². The number of pyridine rings is 1. The lowest BCUT2D eigenvalue weighted by Gasteiger charge is -2.17. The maximum Gasteiger partial charge on any atom is 0.363 e. The van der Waals surface area contributed by atoms with Crippen molar-refractivity contribution in [2.75, 3.05) is 19.0 Å². The second-order valence-corrected chi connectivity index (χ2v) is 3.75. The topological polar surface area (TPSA) is 77.3 Å². The summed E-state index contributed by atoms with van der Waals surface area (Å²) in [7, 11) is 1.65. The third kappa shape index (κ3) is 4.36. The number of nitrogens with zero attached hydrogens (tertiary/aromatic N) is 2. The maximum absolute atomic E-state index is 10.4. The average molecular weight is 239 g/mol. The summed E-state index contributed by atoms with van der Waals surface area (Å²) in [5.74, 6) is -0.144. The van der Waals surface area contributed by atoms with E-state index in [0.29, 0.717) is 6.61 Å². The fourth-order valence-corrected chi connectivity index (χ4v) is 1.56. The number of methoxy groups -OCH3 is 1. The zero-order chi connectivity index (χ0) is 12.7. The van der Waals surface area contributed by atoms with E-state index in [1.54, 1.807) is 13.2 Å². The van der Waals surface area contributed by atoms with Crippen molar-refractivity contribution in [3.05, 3.63) is 28.4 Å². The van der Waals surface area contributed by atoms with Crippen LogP contribution < -0.4 is 5.32 Å². The molecule has 1 N–H and O–H groups in total. The van der Waals surface area contributed by atoms with Crippen molar-refractivity contribution in [1.82, 2.24) is 4.98 Å². The Bertz CT molecular complexity index is 347. The number of hydrogen-bond acceptors (Lipinski definition) is 5. The van der Waals surface area contributed by atoms with E-state index >= 15 is 0 Å². The maximum atomic E-state index is 10.4. The minimum Gasteiger partial charge on any atom is -0.383 e. The summed E-state index contributed by atoms with van der Waals surface area (Å²) in [6.07, 6.45) is 3.49. The highest BCUT2D eigenvalue weighted by Gasteiger charge is 2.10. The van der Waals surface area contributed by atoms with Gasteiger partial charge in [-0.2, -0.15) is 0 Å². The van der Waals surface area contributed by atoms with Gasteiger partial charge < -0.3 is 20.2 Å². The molecule has 0 fully saturated rings.